The van der Waals surface area contributed by atoms with Crippen molar-refractivity contribution >= 4 is 29.1 Å². The van der Waals surface area contributed by atoms with Crippen molar-refractivity contribution < 1.29 is 14.3 Å². The molecule has 2 N–H and O–H groups in total. The van der Waals surface area contributed by atoms with E-state index in [4.69, 9.17) is 16.3 Å². The lowest BCUT2D eigenvalue weighted by molar-refractivity contribution is -0.118. The Morgan fingerprint density at radius 3 is 2.43 bits per heavy atom. The summed E-state index contributed by atoms with van der Waals surface area (Å²) >= 11 is 6.00. The summed E-state index contributed by atoms with van der Waals surface area (Å²) in [7, 11) is 0. The molecule has 0 aliphatic heterocycles. The van der Waals surface area contributed by atoms with Crippen LogP contribution in [0.15, 0.2) is 72.8 Å². The number of amides is 2. The van der Waals surface area contributed by atoms with Gasteiger partial charge in [-0.1, -0.05) is 54.1 Å². The first kappa shape index (κ1) is 21.4. The molecule has 0 aromatic heterocycles. The fraction of sp³-hybridized carbons (Fsp3) is 0.167. The van der Waals surface area contributed by atoms with Crippen LogP contribution < -0.4 is 15.4 Å². The molecular weight excluding hydrogens is 400 g/mol. The third kappa shape index (κ3) is 5.61. The SMILES string of the molecule is Cc1cc(OCC(=O)Nc2ccccc2C(=O)NC(C)c2ccccc2)ccc1Cl. The van der Waals surface area contributed by atoms with Crippen LogP contribution in [-0.2, 0) is 4.79 Å². The maximum absolute atomic E-state index is 12.8. The van der Waals surface area contributed by atoms with Crippen molar-refractivity contribution in [3.63, 3.8) is 0 Å². The first-order chi connectivity index (χ1) is 14.4. The van der Waals surface area contributed by atoms with Gasteiger partial charge in [0.2, 0.25) is 0 Å². The summed E-state index contributed by atoms with van der Waals surface area (Å²) in [5.74, 6) is -0.0785. The lowest BCUT2D eigenvalue weighted by Gasteiger charge is -2.16. The molecule has 1 unspecified atom stereocenters. The van der Waals surface area contributed by atoms with Crippen molar-refractivity contribution in [2.45, 2.75) is 19.9 Å². The number of rotatable bonds is 7. The van der Waals surface area contributed by atoms with Crippen molar-refractivity contribution in [3.8, 4) is 5.75 Å². The number of nitrogens with one attached hydrogen (secondary N) is 2. The average Bonchev–Trinajstić information content (AvgIpc) is 2.75. The summed E-state index contributed by atoms with van der Waals surface area (Å²) < 4.78 is 5.53. The molecule has 0 aliphatic carbocycles. The molecule has 0 spiro atoms. The van der Waals surface area contributed by atoms with E-state index in [9.17, 15) is 9.59 Å². The van der Waals surface area contributed by atoms with Gasteiger partial charge in [0.25, 0.3) is 11.8 Å². The number of aryl methyl sites for hydroxylation is 1. The van der Waals surface area contributed by atoms with Crippen LogP contribution in [0.1, 0.15) is 34.5 Å². The highest BCUT2D eigenvalue weighted by molar-refractivity contribution is 6.31. The van der Waals surface area contributed by atoms with Crippen LogP contribution in [0.25, 0.3) is 0 Å². The van der Waals surface area contributed by atoms with Crippen LogP contribution in [-0.4, -0.2) is 18.4 Å². The molecule has 0 heterocycles. The maximum atomic E-state index is 12.8. The van der Waals surface area contributed by atoms with Crippen LogP contribution in [0.4, 0.5) is 5.69 Å². The van der Waals surface area contributed by atoms with Crippen molar-refractivity contribution in [2.75, 3.05) is 11.9 Å². The van der Waals surface area contributed by atoms with E-state index in [-0.39, 0.29) is 24.5 Å². The van der Waals surface area contributed by atoms with Gasteiger partial charge in [-0.3, -0.25) is 9.59 Å². The molecule has 0 bridgehead atoms. The zero-order chi connectivity index (χ0) is 21.5. The lowest BCUT2D eigenvalue weighted by atomic mass is 10.1. The van der Waals surface area contributed by atoms with E-state index in [0.717, 1.165) is 11.1 Å². The summed E-state index contributed by atoms with van der Waals surface area (Å²) in [6.45, 7) is 3.59. The number of halogens is 1. The summed E-state index contributed by atoms with van der Waals surface area (Å²) in [6.07, 6.45) is 0. The first-order valence-corrected chi connectivity index (χ1v) is 9.95. The van der Waals surface area contributed by atoms with E-state index in [2.05, 4.69) is 10.6 Å². The topological polar surface area (TPSA) is 67.4 Å². The second-order valence-corrected chi connectivity index (χ2v) is 7.31. The highest BCUT2D eigenvalue weighted by Gasteiger charge is 2.16. The molecule has 154 valence electrons. The normalized spacial score (nSPS) is 11.4. The molecule has 0 fully saturated rings. The molecule has 0 saturated carbocycles. The Bertz CT molecular complexity index is 1040. The molecule has 2 amide bonds. The van der Waals surface area contributed by atoms with E-state index >= 15 is 0 Å². The number of hydrogen-bond donors (Lipinski definition) is 2. The number of ether oxygens (including phenoxy) is 1. The fourth-order valence-corrected chi connectivity index (χ4v) is 3.05. The van der Waals surface area contributed by atoms with Gasteiger partial charge >= 0.3 is 0 Å². The Morgan fingerprint density at radius 2 is 1.70 bits per heavy atom. The van der Waals surface area contributed by atoms with Gasteiger partial charge in [-0.25, -0.2) is 0 Å². The number of benzene rings is 3. The van der Waals surface area contributed by atoms with Crippen LogP contribution in [0, 0.1) is 6.92 Å². The number of para-hydroxylation sites is 1. The number of hydrogen-bond acceptors (Lipinski definition) is 3. The second kappa shape index (κ2) is 9.94. The summed E-state index contributed by atoms with van der Waals surface area (Å²) in [6, 6.07) is 21.6. The van der Waals surface area contributed by atoms with Crippen LogP contribution in [0.2, 0.25) is 5.02 Å². The van der Waals surface area contributed by atoms with Crippen LogP contribution in [0.3, 0.4) is 0 Å². The van der Waals surface area contributed by atoms with Crippen LogP contribution in [0.5, 0.6) is 5.75 Å². The standard InChI is InChI=1S/C24H23ClN2O3/c1-16-14-19(12-13-21(16)25)30-15-23(28)27-22-11-7-6-10-20(22)24(29)26-17(2)18-8-4-3-5-9-18/h3-14,17H,15H2,1-2H3,(H,26,29)(H,27,28). The molecule has 0 saturated heterocycles. The molecule has 5 nitrogen and oxygen atoms in total. The number of anilines is 1. The largest absolute Gasteiger partial charge is 0.484 e. The van der Waals surface area contributed by atoms with Crippen molar-refractivity contribution in [1.29, 1.82) is 0 Å². The van der Waals surface area contributed by atoms with Gasteiger partial charge in [-0.05, 0) is 55.3 Å². The van der Waals surface area contributed by atoms with Crippen molar-refractivity contribution in [1.82, 2.24) is 5.32 Å². The van der Waals surface area contributed by atoms with Crippen molar-refractivity contribution in [2.24, 2.45) is 0 Å². The van der Waals surface area contributed by atoms with Crippen molar-refractivity contribution in [3.05, 3.63) is 94.5 Å². The van der Waals surface area contributed by atoms with Gasteiger partial charge in [0.05, 0.1) is 17.3 Å². The monoisotopic (exact) mass is 422 g/mol. The Morgan fingerprint density at radius 1 is 1.00 bits per heavy atom. The Hall–Kier alpha value is -3.31. The van der Waals surface area contributed by atoms with E-state index < -0.39 is 0 Å². The third-order valence-electron chi connectivity index (χ3n) is 4.59. The number of carbonyl (C=O) groups is 2. The summed E-state index contributed by atoms with van der Waals surface area (Å²) in [5, 5.41) is 6.35. The van der Waals surface area contributed by atoms with E-state index in [1.807, 2.05) is 44.2 Å². The second-order valence-electron chi connectivity index (χ2n) is 6.90. The zero-order valence-corrected chi connectivity index (χ0v) is 17.6. The van der Waals surface area contributed by atoms with Gasteiger partial charge < -0.3 is 15.4 Å². The third-order valence-corrected chi connectivity index (χ3v) is 5.02. The highest BCUT2D eigenvalue weighted by Crippen LogP contribution is 2.21. The van der Waals surface area contributed by atoms with Gasteiger partial charge in [-0.2, -0.15) is 0 Å². The molecule has 0 aliphatic rings. The molecule has 3 aromatic carbocycles. The minimum absolute atomic E-state index is 0.168. The van der Waals surface area contributed by atoms with Gasteiger partial charge in [-0.15, -0.1) is 0 Å². The predicted octanol–water partition coefficient (Wildman–Crippen LogP) is 5.16. The van der Waals surface area contributed by atoms with E-state index in [1.165, 1.54) is 0 Å². The first-order valence-electron chi connectivity index (χ1n) is 9.57. The Kier molecular flexibility index (Phi) is 7.09. The molecule has 0 radical (unpaired) electrons. The number of carbonyl (C=O) groups excluding carboxylic acids is 2. The molecule has 30 heavy (non-hydrogen) atoms. The Balaban J connectivity index is 1.63. The molecule has 3 aromatic rings. The minimum Gasteiger partial charge on any atom is -0.484 e. The minimum atomic E-state index is -0.362. The zero-order valence-electron chi connectivity index (χ0n) is 16.8. The maximum Gasteiger partial charge on any atom is 0.262 e. The van der Waals surface area contributed by atoms with Gasteiger partial charge in [0.1, 0.15) is 5.75 Å². The Labute approximate surface area is 181 Å². The van der Waals surface area contributed by atoms with Gasteiger partial charge in [0.15, 0.2) is 6.61 Å². The fourth-order valence-electron chi connectivity index (χ4n) is 2.93. The average molecular weight is 423 g/mol. The smallest absolute Gasteiger partial charge is 0.262 e. The summed E-state index contributed by atoms with van der Waals surface area (Å²) in [5.41, 5.74) is 2.68. The highest BCUT2D eigenvalue weighted by atomic mass is 35.5. The lowest BCUT2D eigenvalue weighted by Crippen LogP contribution is -2.28. The quantitative estimate of drug-likeness (QED) is 0.552. The molecule has 1 atom stereocenters. The van der Waals surface area contributed by atoms with E-state index in [1.54, 1.807) is 42.5 Å². The molecule has 3 rings (SSSR count). The predicted molar refractivity (Wildman–Crippen MR) is 119 cm³/mol. The molecular formula is C24H23ClN2O3. The molecule has 6 heteroatoms. The van der Waals surface area contributed by atoms with Gasteiger partial charge in [0, 0.05) is 5.02 Å². The van der Waals surface area contributed by atoms with Crippen LogP contribution >= 0.6 is 11.6 Å². The summed E-state index contributed by atoms with van der Waals surface area (Å²) in [4.78, 5) is 25.1. The van der Waals surface area contributed by atoms with E-state index in [0.29, 0.717) is 22.0 Å².